The van der Waals surface area contributed by atoms with Crippen molar-refractivity contribution in [3.8, 4) is 0 Å². The van der Waals surface area contributed by atoms with Gasteiger partial charge in [0.05, 0.1) is 18.0 Å². The number of nitrogens with one attached hydrogen (secondary N) is 1. The molecule has 1 N–H and O–H groups in total. The number of carbonyl (C=O) groups excluding carboxylic acids is 1. The van der Waals surface area contributed by atoms with Gasteiger partial charge in [-0.2, -0.15) is 0 Å². The molecule has 1 atom stereocenters. The minimum absolute atomic E-state index is 0.0932. The molecule has 6 heteroatoms. The maximum atomic E-state index is 12.6. The largest absolute Gasteiger partial charge is 0.345 e. The van der Waals surface area contributed by atoms with E-state index < -0.39 is 10.0 Å². The molecule has 0 bridgehead atoms. The summed E-state index contributed by atoms with van der Waals surface area (Å²) in [5.74, 6) is -0.226. The molecule has 5 nitrogen and oxygen atoms in total. The summed E-state index contributed by atoms with van der Waals surface area (Å²) in [5.41, 5.74) is 3.10. The lowest BCUT2D eigenvalue weighted by molar-refractivity contribution is 0.0935. The van der Waals surface area contributed by atoms with E-state index in [1.165, 1.54) is 12.6 Å². The fraction of sp³-hybridized carbons (Fsp3) is 0.316. The lowest BCUT2D eigenvalue weighted by Crippen LogP contribution is -2.29. The molecule has 0 aliphatic carbocycles. The summed E-state index contributed by atoms with van der Waals surface area (Å²) in [4.78, 5) is 12.6. The van der Waals surface area contributed by atoms with E-state index in [1.54, 1.807) is 24.3 Å². The van der Waals surface area contributed by atoms with Crippen LogP contribution in [0, 0.1) is 6.92 Å². The lowest BCUT2D eigenvalue weighted by atomic mass is 10.0. The van der Waals surface area contributed by atoms with Crippen molar-refractivity contribution in [2.45, 2.75) is 26.3 Å². The summed E-state index contributed by atoms with van der Waals surface area (Å²) in [6.45, 7) is 4.03. The minimum Gasteiger partial charge on any atom is -0.345 e. The summed E-state index contributed by atoms with van der Waals surface area (Å²) < 4.78 is 24.5. The van der Waals surface area contributed by atoms with Gasteiger partial charge in [0, 0.05) is 12.6 Å². The van der Waals surface area contributed by atoms with Crippen LogP contribution in [0.25, 0.3) is 0 Å². The number of hydrogen-bond acceptors (Lipinski definition) is 3. The summed E-state index contributed by atoms with van der Waals surface area (Å²) in [7, 11) is -1.91. The Bertz CT molecular complexity index is 845. The third-order valence-corrected chi connectivity index (χ3v) is 5.37. The van der Waals surface area contributed by atoms with Gasteiger partial charge in [-0.3, -0.25) is 9.10 Å². The van der Waals surface area contributed by atoms with Crippen LogP contribution in [0.15, 0.2) is 48.5 Å². The van der Waals surface area contributed by atoms with Gasteiger partial charge >= 0.3 is 0 Å². The van der Waals surface area contributed by atoms with E-state index in [-0.39, 0.29) is 11.9 Å². The normalized spacial score (nSPS) is 12.5. The molecule has 1 amide bonds. The maximum absolute atomic E-state index is 12.6. The number of carbonyl (C=O) groups is 1. The monoisotopic (exact) mass is 360 g/mol. The second-order valence-electron chi connectivity index (χ2n) is 6.13. The van der Waals surface area contributed by atoms with Crippen molar-refractivity contribution < 1.29 is 13.2 Å². The van der Waals surface area contributed by atoms with Gasteiger partial charge in [0.25, 0.3) is 5.91 Å². The highest BCUT2D eigenvalue weighted by Crippen LogP contribution is 2.20. The van der Waals surface area contributed by atoms with E-state index >= 15 is 0 Å². The SMILES string of the molecule is CC[C@H](NC(=O)c1cccc(N(C)S(C)(=O)=O)c1)c1ccc(C)cc1. The first kappa shape index (κ1) is 19.0. The highest BCUT2D eigenvalue weighted by atomic mass is 32.2. The zero-order valence-corrected chi connectivity index (χ0v) is 15.8. The highest BCUT2D eigenvalue weighted by Gasteiger charge is 2.17. The van der Waals surface area contributed by atoms with Gasteiger partial charge in [0.2, 0.25) is 10.0 Å². The van der Waals surface area contributed by atoms with Gasteiger partial charge in [0.15, 0.2) is 0 Å². The van der Waals surface area contributed by atoms with Gasteiger partial charge in [-0.05, 0) is 37.1 Å². The van der Waals surface area contributed by atoms with Crippen molar-refractivity contribution in [3.05, 3.63) is 65.2 Å². The van der Waals surface area contributed by atoms with E-state index in [4.69, 9.17) is 0 Å². The number of anilines is 1. The van der Waals surface area contributed by atoms with E-state index in [1.807, 2.05) is 38.1 Å². The number of nitrogens with zero attached hydrogens (tertiary/aromatic N) is 1. The second-order valence-corrected chi connectivity index (χ2v) is 8.14. The zero-order chi connectivity index (χ0) is 18.6. The van der Waals surface area contributed by atoms with Crippen molar-refractivity contribution in [2.24, 2.45) is 0 Å². The molecule has 0 saturated carbocycles. The number of amides is 1. The van der Waals surface area contributed by atoms with E-state index in [2.05, 4.69) is 5.32 Å². The molecule has 134 valence electrons. The molecule has 0 heterocycles. The van der Waals surface area contributed by atoms with E-state index in [0.29, 0.717) is 11.3 Å². The Labute approximate surface area is 149 Å². The topological polar surface area (TPSA) is 66.5 Å². The Morgan fingerprint density at radius 2 is 1.80 bits per heavy atom. The van der Waals surface area contributed by atoms with Gasteiger partial charge in [-0.25, -0.2) is 8.42 Å². The van der Waals surface area contributed by atoms with Crippen LogP contribution in [-0.2, 0) is 10.0 Å². The molecular weight excluding hydrogens is 336 g/mol. The number of rotatable bonds is 6. The first-order chi connectivity index (χ1) is 11.7. The zero-order valence-electron chi connectivity index (χ0n) is 15.0. The van der Waals surface area contributed by atoms with Crippen LogP contribution in [0.2, 0.25) is 0 Å². The summed E-state index contributed by atoms with van der Waals surface area (Å²) in [5, 5.41) is 3.02. The number of hydrogen-bond donors (Lipinski definition) is 1. The van der Waals surface area contributed by atoms with Gasteiger partial charge in [-0.1, -0.05) is 42.8 Å². The summed E-state index contributed by atoms with van der Waals surface area (Å²) >= 11 is 0. The number of benzene rings is 2. The van der Waals surface area contributed by atoms with Crippen molar-refractivity contribution in [1.82, 2.24) is 5.32 Å². The molecule has 2 rings (SSSR count). The fourth-order valence-electron chi connectivity index (χ4n) is 2.50. The van der Waals surface area contributed by atoms with Crippen molar-refractivity contribution >= 4 is 21.6 Å². The van der Waals surface area contributed by atoms with Crippen molar-refractivity contribution in [3.63, 3.8) is 0 Å². The smallest absolute Gasteiger partial charge is 0.251 e. The van der Waals surface area contributed by atoms with Crippen LogP contribution in [-0.4, -0.2) is 27.6 Å². The molecular formula is C19H24N2O3S. The van der Waals surface area contributed by atoms with Gasteiger partial charge < -0.3 is 5.32 Å². The molecule has 0 unspecified atom stereocenters. The van der Waals surface area contributed by atoms with Crippen LogP contribution in [0.1, 0.15) is 40.9 Å². The molecule has 0 fully saturated rings. The van der Waals surface area contributed by atoms with Gasteiger partial charge in [0.1, 0.15) is 0 Å². The quantitative estimate of drug-likeness (QED) is 0.860. The Hall–Kier alpha value is -2.34. The third kappa shape index (κ3) is 4.82. The lowest BCUT2D eigenvalue weighted by Gasteiger charge is -2.20. The first-order valence-corrected chi connectivity index (χ1v) is 9.98. The van der Waals surface area contributed by atoms with Crippen LogP contribution >= 0.6 is 0 Å². The molecule has 0 radical (unpaired) electrons. The molecule has 0 aliphatic heterocycles. The molecule has 0 aliphatic rings. The molecule has 0 aromatic heterocycles. The van der Waals surface area contributed by atoms with Crippen LogP contribution < -0.4 is 9.62 Å². The minimum atomic E-state index is -3.37. The van der Waals surface area contributed by atoms with Crippen molar-refractivity contribution in [2.75, 3.05) is 17.6 Å². The Kier molecular flexibility index (Phi) is 5.85. The van der Waals surface area contributed by atoms with E-state index in [0.717, 1.165) is 22.5 Å². The number of sulfonamides is 1. The van der Waals surface area contributed by atoms with Gasteiger partial charge in [-0.15, -0.1) is 0 Å². The van der Waals surface area contributed by atoms with Crippen LogP contribution in [0.5, 0.6) is 0 Å². The third-order valence-electron chi connectivity index (χ3n) is 4.16. The maximum Gasteiger partial charge on any atom is 0.251 e. The Balaban J connectivity index is 2.21. The fourth-order valence-corrected chi connectivity index (χ4v) is 2.99. The summed E-state index contributed by atoms with van der Waals surface area (Å²) in [6.07, 6.45) is 1.89. The molecule has 2 aromatic carbocycles. The number of aryl methyl sites for hydroxylation is 1. The average Bonchev–Trinajstić information content (AvgIpc) is 2.59. The molecule has 0 saturated heterocycles. The Morgan fingerprint density at radius 1 is 1.16 bits per heavy atom. The predicted octanol–water partition coefficient (Wildman–Crippen LogP) is 3.27. The molecule has 25 heavy (non-hydrogen) atoms. The molecule has 0 spiro atoms. The molecule has 2 aromatic rings. The second kappa shape index (κ2) is 7.70. The van der Waals surface area contributed by atoms with Crippen LogP contribution in [0.4, 0.5) is 5.69 Å². The predicted molar refractivity (Wildman–Crippen MR) is 101 cm³/mol. The Morgan fingerprint density at radius 3 is 2.36 bits per heavy atom. The van der Waals surface area contributed by atoms with Crippen molar-refractivity contribution in [1.29, 1.82) is 0 Å². The van der Waals surface area contributed by atoms with Crippen LogP contribution in [0.3, 0.4) is 0 Å². The summed E-state index contributed by atoms with van der Waals surface area (Å²) in [6, 6.07) is 14.6. The standard InChI is InChI=1S/C19H24N2O3S/c1-5-18(15-11-9-14(2)10-12-15)20-19(22)16-7-6-8-17(13-16)21(3)25(4,23)24/h6-13,18H,5H2,1-4H3,(H,20,22)/t18-/m0/s1. The first-order valence-electron chi connectivity index (χ1n) is 8.13. The average molecular weight is 360 g/mol. The highest BCUT2D eigenvalue weighted by molar-refractivity contribution is 7.92. The van der Waals surface area contributed by atoms with E-state index in [9.17, 15) is 13.2 Å².